The summed E-state index contributed by atoms with van der Waals surface area (Å²) in [7, 11) is 3.66. The maximum Gasteiger partial charge on any atom is 0.271 e. The third-order valence-electron chi connectivity index (χ3n) is 5.94. The van der Waals surface area contributed by atoms with E-state index in [0.29, 0.717) is 35.4 Å². The molecule has 11 heteroatoms. The molecule has 3 heterocycles. The number of halogens is 1. The highest BCUT2D eigenvalue weighted by atomic mass is 35.5. The predicted molar refractivity (Wildman–Crippen MR) is 138 cm³/mol. The van der Waals surface area contributed by atoms with Crippen LogP contribution in [-0.2, 0) is 11.8 Å². The molecule has 0 bridgehead atoms. The summed E-state index contributed by atoms with van der Waals surface area (Å²) in [6, 6.07) is 11.4. The van der Waals surface area contributed by atoms with Crippen LogP contribution in [0.4, 0.5) is 23.0 Å². The standard InChI is InChI=1S/C24H25ClN8O2/c1-27-23-20(15-4-3-5-18-19(15)28-13-32(18)2)30-21(22(26)34)24(31-23)29-14-6-7-17(16(25)12-14)33-8-10-35-11-9-33/h3-7,12-13H,8-11H2,1-2H3,(H2,26,34)(H2,27,29,31). The molecule has 0 unspecified atom stereocenters. The number of nitrogens with zero attached hydrogens (tertiary/aromatic N) is 5. The molecule has 1 aliphatic rings. The van der Waals surface area contributed by atoms with Gasteiger partial charge in [-0.3, -0.25) is 4.79 Å². The SMILES string of the molecule is CNc1nc(Nc2ccc(N3CCOCC3)c(Cl)c2)c(C(N)=O)nc1-c1cccc2c1ncn2C. The van der Waals surface area contributed by atoms with Gasteiger partial charge in [-0.1, -0.05) is 23.7 Å². The summed E-state index contributed by atoms with van der Waals surface area (Å²) in [6.45, 7) is 2.89. The minimum Gasteiger partial charge on any atom is -0.378 e. The molecule has 4 aromatic rings. The molecule has 0 aliphatic carbocycles. The summed E-state index contributed by atoms with van der Waals surface area (Å²) < 4.78 is 7.34. The van der Waals surface area contributed by atoms with Gasteiger partial charge in [-0.2, -0.15) is 0 Å². The van der Waals surface area contributed by atoms with Crippen LogP contribution in [0.5, 0.6) is 0 Å². The first-order valence-electron chi connectivity index (χ1n) is 11.2. The van der Waals surface area contributed by atoms with E-state index in [-0.39, 0.29) is 11.5 Å². The van der Waals surface area contributed by atoms with Gasteiger partial charge in [0, 0.05) is 38.4 Å². The van der Waals surface area contributed by atoms with Crippen LogP contribution in [-0.4, -0.2) is 58.8 Å². The van der Waals surface area contributed by atoms with Crippen molar-refractivity contribution in [2.75, 3.05) is 48.9 Å². The maximum absolute atomic E-state index is 12.4. The zero-order chi connectivity index (χ0) is 24.5. The van der Waals surface area contributed by atoms with Crippen LogP contribution in [0, 0.1) is 0 Å². The largest absolute Gasteiger partial charge is 0.378 e. The molecule has 35 heavy (non-hydrogen) atoms. The average Bonchev–Trinajstić information content (AvgIpc) is 3.25. The fraction of sp³-hybridized carbons (Fsp3) is 0.250. The lowest BCUT2D eigenvalue weighted by atomic mass is 10.1. The first kappa shape index (κ1) is 22.9. The molecule has 5 rings (SSSR count). The topological polar surface area (TPSA) is 123 Å². The lowest BCUT2D eigenvalue weighted by molar-refractivity contribution is 0.0996. The van der Waals surface area contributed by atoms with Crippen LogP contribution < -0.4 is 21.3 Å². The van der Waals surface area contributed by atoms with Crippen molar-refractivity contribution in [3.05, 3.63) is 53.4 Å². The van der Waals surface area contributed by atoms with E-state index >= 15 is 0 Å². The second-order valence-electron chi connectivity index (χ2n) is 8.15. The van der Waals surface area contributed by atoms with E-state index in [9.17, 15) is 4.79 Å². The molecule has 1 amide bonds. The number of amides is 1. The quantitative estimate of drug-likeness (QED) is 0.374. The fourth-order valence-corrected chi connectivity index (χ4v) is 4.49. The summed E-state index contributed by atoms with van der Waals surface area (Å²) in [5.74, 6) is 0.00815. The van der Waals surface area contributed by atoms with Gasteiger partial charge < -0.3 is 30.6 Å². The number of rotatable bonds is 6. The second kappa shape index (κ2) is 9.40. The zero-order valence-corrected chi connectivity index (χ0v) is 20.1. The van der Waals surface area contributed by atoms with Gasteiger partial charge in [0.25, 0.3) is 5.91 Å². The number of hydrogen-bond donors (Lipinski definition) is 3. The normalized spacial score (nSPS) is 13.7. The second-order valence-corrected chi connectivity index (χ2v) is 8.56. The summed E-state index contributed by atoms with van der Waals surface area (Å²) in [5.41, 5.74) is 10.2. The van der Waals surface area contributed by atoms with E-state index in [4.69, 9.17) is 22.1 Å². The first-order chi connectivity index (χ1) is 17.0. The number of aromatic nitrogens is 4. The van der Waals surface area contributed by atoms with Crippen molar-refractivity contribution >= 4 is 51.6 Å². The number of anilines is 4. The number of carbonyl (C=O) groups is 1. The van der Waals surface area contributed by atoms with Crippen molar-refractivity contribution in [3.63, 3.8) is 0 Å². The van der Waals surface area contributed by atoms with E-state index in [1.807, 2.05) is 41.9 Å². The molecule has 2 aromatic carbocycles. The molecule has 1 aliphatic heterocycles. The van der Waals surface area contributed by atoms with Crippen LogP contribution in [0.15, 0.2) is 42.7 Å². The third kappa shape index (κ3) is 4.33. The van der Waals surface area contributed by atoms with E-state index in [1.165, 1.54) is 0 Å². The molecule has 1 fully saturated rings. The number of ether oxygens (including phenoxy) is 1. The van der Waals surface area contributed by atoms with Crippen LogP contribution >= 0.6 is 11.6 Å². The van der Waals surface area contributed by atoms with Crippen molar-refractivity contribution in [3.8, 4) is 11.3 Å². The van der Waals surface area contributed by atoms with E-state index in [1.54, 1.807) is 19.4 Å². The molecule has 4 N–H and O–H groups in total. The Kier molecular flexibility index (Phi) is 6.14. The smallest absolute Gasteiger partial charge is 0.271 e. The summed E-state index contributed by atoms with van der Waals surface area (Å²) in [5, 5.41) is 6.82. The van der Waals surface area contributed by atoms with E-state index in [2.05, 4.69) is 30.5 Å². The van der Waals surface area contributed by atoms with Gasteiger partial charge in [0.1, 0.15) is 5.69 Å². The van der Waals surface area contributed by atoms with E-state index in [0.717, 1.165) is 35.4 Å². The number of aryl methyl sites for hydroxylation is 1. The molecular weight excluding hydrogens is 468 g/mol. The Bertz CT molecular complexity index is 1410. The third-order valence-corrected chi connectivity index (χ3v) is 6.24. The molecule has 1 saturated heterocycles. The number of benzene rings is 2. The Balaban J connectivity index is 1.54. The Morgan fingerprint density at radius 2 is 1.94 bits per heavy atom. The predicted octanol–water partition coefficient (Wildman–Crippen LogP) is 3.40. The van der Waals surface area contributed by atoms with E-state index < -0.39 is 5.91 Å². The van der Waals surface area contributed by atoms with Crippen molar-refractivity contribution in [2.24, 2.45) is 12.8 Å². The molecule has 0 saturated carbocycles. The lowest BCUT2D eigenvalue weighted by Gasteiger charge is -2.29. The summed E-state index contributed by atoms with van der Waals surface area (Å²) in [4.78, 5) is 28.3. The molecule has 0 radical (unpaired) electrons. The van der Waals surface area contributed by atoms with Crippen LogP contribution in [0.2, 0.25) is 5.02 Å². The molecule has 0 atom stereocenters. The highest BCUT2D eigenvalue weighted by Crippen LogP contribution is 2.34. The van der Waals surface area contributed by atoms with Gasteiger partial charge in [0.2, 0.25) is 0 Å². The molecular formula is C24H25ClN8O2. The molecule has 2 aromatic heterocycles. The van der Waals surface area contributed by atoms with Crippen molar-refractivity contribution in [1.29, 1.82) is 0 Å². The highest BCUT2D eigenvalue weighted by molar-refractivity contribution is 6.33. The van der Waals surface area contributed by atoms with Crippen molar-refractivity contribution < 1.29 is 9.53 Å². The summed E-state index contributed by atoms with van der Waals surface area (Å²) >= 11 is 6.58. The maximum atomic E-state index is 12.4. The Hall–Kier alpha value is -3.89. The number of para-hydroxylation sites is 1. The van der Waals surface area contributed by atoms with Gasteiger partial charge in [0.15, 0.2) is 17.3 Å². The minimum atomic E-state index is -0.701. The number of nitrogens with two attached hydrogens (primary N) is 1. The zero-order valence-electron chi connectivity index (χ0n) is 19.4. The number of carbonyl (C=O) groups excluding carboxylic acids is 1. The number of imidazole rings is 1. The van der Waals surface area contributed by atoms with Gasteiger partial charge in [-0.25, -0.2) is 15.0 Å². The highest BCUT2D eigenvalue weighted by Gasteiger charge is 2.21. The van der Waals surface area contributed by atoms with Gasteiger partial charge in [-0.15, -0.1) is 0 Å². The van der Waals surface area contributed by atoms with Crippen LogP contribution in [0.1, 0.15) is 10.5 Å². The number of fused-ring (bicyclic) bond motifs is 1. The van der Waals surface area contributed by atoms with Crippen molar-refractivity contribution in [1.82, 2.24) is 19.5 Å². The first-order valence-corrected chi connectivity index (χ1v) is 11.5. The number of hydrogen-bond acceptors (Lipinski definition) is 8. The Morgan fingerprint density at radius 1 is 1.14 bits per heavy atom. The van der Waals surface area contributed by atoms with Crippen LogP contribution in [0.25, 0.3) is 22.3 Å². The Morgan fingerprint density at radius 3 is 2.66 bits per heavy atom. The van der Waals surface area contributed by atoms with Crippen molar-refractivity contribution in [2.45, 2.75) is 0 Å². The fourth-order valence-electron chi connectivity index (χ4n) is 4.19. The van der Waals surface area contributed by atoms with Gasteiger partial charge in [0.05, 0.1) is 41.3 Å². The Labute approximate surface area is 207 Å². The lowest BCUT2D eigenvalue weighted by Crippen LogP contribution is -2.36. The number of primary amides is 1. The number of nitrogens with one attached hydrogen (secondary N) is 2. The molecule has 10 nitrogen and oxygen atoms in total. The minimum absolute atomic E-state index is 0.0142. The van der Waals surface area contributed by atoms with Gasteiger partial charge >= 0.3 is 0 Å². The molecule has 0 spiro atoms. The molecule has 180 valence electrons. The van der Waals surface area contributed by atoms with Crippen LogP contribution in [0.3, 0.4) is 0 Å². The summed E-state index contributed by atoms with van der Waals surface area (Å²) in [6.07, 6.45) is 1.73. The van der Waals surface area contributed by atoms with Gasteiger partial charge in [-0.05, 0) is 24.3 Å². The average molecular weight is 493 g/mol. The number of morpholine rings is 1. The monoisotopic (exact) mass is 492 g/mol.